The molecule has 1 fully saturated rings. The minimum absolute atomic E-state index is 0.0904. The minimum Gasteiger partial charge on any atom is -0.496 e. The van der Waals surface area contributed by atoms with Gasteiger partial charge in [0.15, 0.2) is 0 Å². The van der Waals surface area contributed by atoms with Crippen molar-refractivity contribution in [3.63, 3.8) is 0 Å². The van der Waals surface area contributed by atoms with E-state index in [2.05, 4.69) is 10.6 Å². The highest BCUT2D eigenvalue weighted by Crippen LogP contribution is 2.38. The van der Waals surface area contributed by atoms with Crippen molar-refractivity contribution in [2.75, 3.05) is 19.0 Å². The molecule has 0 radical (unpaired) electrons. The van der Waals surface area contributed by atoms with Gasteiger partial charge in [-0.25, -0.2) is 0 Å². The molecular weight excluding hydrogens is 475 g/mol. The van der Waals surface area contributed by atoms with Crippen molar-refractivity contribution in [2.45, 2.75) is 44.8 Å². The van der Waals surface area contributed by atoms with Crippen molar-refractivity contribution in [2.24, 2.45) is 11.8 Å². The summed E-state index contributed by atoms with van der Waals surface area (Å²) in [5.41, 5.74) is -0.450. The van der Waals surface area contributed by atoms with E-state index in [-0.39, 0.29) is 29.6 Å². The van der Waals surface area contributed by atoms with Crippen molar-refractivity contribution in [3.8, 4) is 11.8 Å². The van der Waals surface area contributed by atoms with Crippen LogP contribution in [0.2, 0.25) is 0 Å². The van der Waals surface area contributed by atoms with Crippen molar-refractivity contribution in [3.05, 3.63) is 58.7 Å². The Labute approximate surface area is 207 Å². The van der Waals surface area contributed by atoms with E-state index in [1.54, 1.807) is 25.1 Å². The van der Waals surface area contributed by atoms with Gasteiger partial charge in [0, 0.05) is 23.4 Å². The lowest BCUT2D eigenvalue weighted by Crippen LogP contribution is -2.32. The average Bonchev–Trinajstić information content (AvgIpc) is 2.86. The lowest BCUT2D eigenvalue weighted by atomic mass is 9.82. The first kappa shape index (κ1) is 26.9. The van der Waals surface area contributed by atoms with Crippen molar-refractivity contribution < 1.29 is 32.6 Å². The molecule has 36 heavy (non-hydrogen) atoms. The number of rotatable bonds is 8. The van der Waals surface area contributed by atoms with E-state index in [9.17, 15) is 22.8 Å². The van der Waals surface area contributed by atoms with Crippen molar-refractivity contribution >= 4 is 17.6 Å². The molecule has 10 heteroatoms. The molecule has 2 aromatic rings. The Bertz CT molecular complexity index is 1150. The predicted octanol–water partition coefficient (Wildman–Crippen LogP) is 5.38. The number of methoxy groups -OCH3 is 1. The summed E-state index contributed by atoms with van der Waals surface area (Å²) in [5, 5.41) is 23.8. The van der Waals surface area contributed by atoms with E-state index in [1.165, 1.54) is 19.2 Å². The molecule has 1 aliphatic rings. The van der Waals surface area contributed by atoms with Gasteiger partial charge >= 0.3 is 12.1 Å². The number of hydrogen-bond acceptors (Lipinski definition) is 5. The molecule has 0 saturated heterocycles. The zero-order chi connectivity index (χ0) is 26.5. The molecule has 1 amide bonds. The third-order valence-corrected chi connectivity index (χ3v) is 6.53. The van der Waals surface area contributed by atoms with E-state index < -0.39 is 29.7 Å². The van der Waals surface area contributed by atoms with Gasteiger partial charge in [-0.3, -0.25) is 9.59 Å². The van der Waals surface area contributed by atoms with E-state index in [1.807, 2.05) is 6.07 Å². The Balaban J connectivity index is 1.74. The number of benzene rings is 2. The van der Waals surface area contributed by atoms with Gasteiger partial charge in [-0.15, -0.1) is 0 Å². The number of hydrogen-bond donors (Lipinski definition) is 3. The fraction of sp³-hybridized carbons (Fsp3) is 0.423. The van der Waals surface area contributed by atoms with Gasteiger partial charge in [0.05, 0.1) is 36.3 Å². The quantitative estimate of drug-likeness (QED) is 0.446. The number of amides is 1. The van der Waals surface area contributed by atoms with Crippen LogP contribution in [0.4, 0.5) is 18.9 Å². The van der Waals surface area contributed by atoms with Crippen LogP contribution in [0.3, 0.4) is 0 Å². The van der Waals surface area contributed by atoms with Gasteiger partial charge in [-0.05, 0) is 74.9 Å². The Morgan fingerprint density at radius 2 is 1.86 bits per heavy atom. The van der Waals surface area contributed by atoms with Crippen LogP contribution in [0.5, 0.6) is 5.75 Å². The van der Waals surface area contributed by atoms with Crippen LogP contribution in [0.15, 0.2) is 36.4 Å². The molecule has 192 valence electrons. The highest BCUT2D eigenvalue weighted by Gasteiger charge is 2.35. The van der Waals surface area contributed by atoms with E-state index in [0.29, 0.717) is 42.6 Å². The number of nitrogens with one attached hydrogen (secondary N) is 2. The first-order chi connectivity index (χ1) is 17.0. The Morgan fingerprint density at radius 3 is 2.44 bits per heavy atom. The number of carboxylic acid groups (broad SMARTS) is 1. The summed E-state index contributed by atoms with van der Waals surface area (Å²) in [6.07, 6.45) is -2.39. The largest absolute Gasteiger partial charge is 0.496 e. The molecular formula is C26H28F3N3O4. The fourth-order valence-corrected chi connectivity index (χ4v) is 4.45. The van der Waals surface area contributed by atoms with E-state index >= 15 is 0 Å². The first-order valence-electron chi connectivity index (χ1n) is 11.6. The number of nitrogens with zero attached hydrogens (tertiary/aromatic N) is 1. The molecule has 0 heterocycles. The Hall–Kier alpha value is -3.74. The normalized spacial score (nSPS) is 18.6. The Morgan fingerprint density at radius 1 is 1.17 bits per heavy atom. The predicted molar refractivity (Wildman–Crippen MR) is 127 cm³/mol. The van der Waals surface area contributed by atoms with Crippen LogP contribution in [0.1, 0.15) is 65.7 Å². The molecule has 1 aliphatic carbocycles. The lowest BCUT2D eigenvalue weighted by Gasteiger charge is -2.26. The standard InChI is InChI=1S/C26H28F3N3O4/c1-15(20-11-17(13-30)5-10-23(20)36-2)32-22-9-8-19(12-21(22)26(27,28)29)24(33)31-14-16-3-6-18(7-4-16)25(34)35/h5,8-12,15-16,18,32H,3-4,6-7,14H2,1-2H3,(H,31,33)(H,34,35)/t15-,16-,18-/m0/s1. The third-order valence-electron chi connectivity index (χ3n) is 6.53. The number of alkyl halides is 3. The van der Waals surface area contributed by atoms with Crippen LogP contribution < -0.4 is 15.4 Å². The maximum Gasteiger partial charge on any atom is 0.418 e. The topological polar surface area (TPSA) is 111 Å². The zero-order valence-corrected chi connectivity index (χ0v) is 20.0. The van der Waals surface area contributed by atoms with Crippen LogP contribution in [0.25, 0.3) is 0 Å². The zero-order valence-electron chi connectivity index (χ0n) is 20.0. The van der Waals surface area contributed by atoms with Gasteiger partial charge in [0.2, 0.25) is 0 Å². The Kier molecular flexibility index (Phi) is 8.45. The van der Waals surface area contributed by atoms with E-state index in [4.69, 9.17) is 15.1 Å². The number of halogens is 3. The maximum atomic E-state index is 13.9. The van der Waals surface area contributed by atoms with Crippen LogP contribution in [0, 0.1) is 23.2 Å². The monoisotopic (exact) mass is 503 g/mol. The summed E-state index contributed by atoms with van der Waals surface area (Å²) >= 11 is 0. The van der Waals surface area contributed by atoms with Crippen LogP contribution >= 0.6 is 0 Å². The van der Waals surface area contributed by atoms with Gasteiger partial charge in [0.1, 0.15) is 5.75 Å². The molecule has 3 rings (SSSR count). The number of carbonyl (C=O) groups excluding carboxylic acids is 1. The molecule has 1 saturated carbocycles. The fourth-order valence-electron chi connectivity index (χ4n) is 4.45. The lowest BCUT2D eigenvalue weighted by molar-refractivity contribution is -0.143. The number of carboxylic acids is 1. The molecule has 3 N–H and O–H groups in total. The summed E-state index contributed by atoms with van der Waals surface area (Å²) < 4.78 is 47.0. The molecule has 0 aliphatic heterocycles. The second-order valence-corrected chi connectivity index (χ2v) is 8.96. The third kappa shape index (κ3) is 6.47. The molecule has 0 spiro atoms. The first-order valence-corrected chi connectivity index (χ1v) is 11.6. The SMILES string of the molecule is COc1ccc(C#N)cc1[C@H](C)Nc1ccc(C(=O)NC[C@H]2CC[C@H](C(=O)O)CC2)cc1C(F)(F)F. The van der Waals surface area contributed by atoms with Crippen molar-refractivity contribution in [1.82, 2.24) is 5.32 Å². The summed E-state index contributed by atoms with van der Waals surface area (Å²) in [5.74, 6) is -1.31. The number of anilines is 1. The number of aliphatic carboxylic acids is 1. The smallest absolute Gasteiger partial charge is 0.418 e. The summed E-state index contributed by atoms with van der Waals surface area (Å²) in [6, 6.07) is 9.41. The van der Waals surface area contributed by atoms with Crippen LogP contribution in [-0.4, -0.2) is 30.6 Å². The number of ether oxygens (including phenoxy) is 1. The molecule has 0 unspecified atom stereocenters. The highest BCUT2D eigenvalue weighted by molar-refractivity contribution is 5.95. The van der Waals surface area contributed by atoms with Crippen LogP contribution in [-0.2, 0) is 11.0 Å². The average molecular weight is 504 g/mol. The van der Waals surface area contributed by atoms with Gasteiger partial charge < -0.3 is 20.5 Å². The molecule has 1 atom stereocenters. The highest BCUT2D eigenvalue weighted by atomic mass is 19.4. The summed E-state index contributed by atoms with van der Waals surface area (Å²) in [6.45, 7) is 1.93. The number of carbonyl (C=O) groups is 2. The maximum absolute atomic E-state index is 13.9. The van der Waals surface area contributed by atoms with Crippen molar-refractivity contribution in [1.29, 1.82) is 5.26 Å². The molecule has 0 bridgehead atoms. The van der Waals surface area contributed by atoms with E-state index in [0.717, 1.165) is 6.07 Å². The van der Waals surface area contributed by atoms with Gasteiger partial charge in [-0.1, -0.05) is 0 Å². The van der Waals surface area contributed by atoms with Gasteiger partial charge in [-0.2, -0.15) is 18.4 Å². The minimum atomic E-state index is -4.72. The molecule has 0 aromatic heterocycles. The van der Waals surface area contributed by atoms with Gasteiger partial charge in [0.25, 0.3) is 5.91 Å². The molecule has 2 aromatic carbocycles. The second-order valence-electron chi connectivity index (χ2n) is 8.96. The molecule has 7 nitrogen and oxygen atoms in total. The summed E-state index contributed by atoms with van der Waals surface area (Å²) in [4.78, 5) is 23.7. The summed E-state index contributed by atoms with van der Waals surface area (Å²) in [7, 11) is 1.43. The number of nitriles is 1. The second kappa shape index (κ2) is 11.3.